The van der Waals surface area contributed by atoms with Gasteiger partial charge in [-0.1, -0.05) is 30.5 Å². The fourth-order valence-electron chi connectivity index (χ4n) is 3.21. The Morgan fingerprint density at radius 3 is 2.39 bits per heavy atom. The van der Waals surface area contributed by atoms with Gasteiger partial charge in [0, 0.05) is 22.5 Å². The molecule has 1 fully saturated rings. The first-order valence-corrected chi connectivity index (χ1v) is 11.8. The summed E-state index contributed by atoms with van der Waals surface area (Å²) in [5.74, 6) is -1.54. The standard InChI is InChI=1S/C19H21ClN2O4S2/c20-13-7-9-15(10-8-13)28(25,26)17(16-6-3-11-27-16)12-21-18(23)19(24)22-14-4-1-2-5-14/h3,6-11,14,17H,1-2,4-5,12H2,(H,21,23)(H,22,24). The summed E-state index contributed by atoms with van der Waals surface area (Å²) in [7, 11) is -3.78. The molecule has 1 heterocycles. The molecule has 1 aromatic carbocycles. The number of hydrogen-bond donors (Lipinski definition) is 2. The summed E-state index contributed by atoms with van der Waals surface area (Å²) in [6.45, 7) is -0.192. The minimum atomic E-state index is -3.78. The third-order valence-corrected chi connectivity index (χ3v) is 8.21. The molecule has 1 saturated carbocycles. The summed E-state index contributed by atoms with van der Waals surface area (Å²) < 4.78 is 26.2. The highest BCUT2D eigenvalue weighted by atomic mass is 35.5. The quantitative estimate of drug-likeness (QED) is 0.675. The van der Waals surface area contributed by atoms with Crippen molar-refractivity contribution in [2.75, 3.05) is 6.54 Å². The highest BCUT2D eigenvalue weighted by molar-refractivity contribution is 7.91. The van der Waals surface area contributed by atoms with E-state index >= 15 is 0 Å². The minimum Gasteiger partial charge on any atom is -0.346 e. The van der Waals surface area contributed by atoms with Gasteiger partial charge in [0.05, 0.1) is 4.90 Å². The number of thiophene rings is 1. The van der Waals surface area contributed by atoms with Gasteiger partial charge in [0.15, 0.2) is 9.84 Å². The Morgan fingerprint density at radius 2 is 1.79 bits per heavy atom. The van der Waals surface area contributed by atoms with Crippen molar-refractivity contribution in [1.29, 1.82) is 0 Å². The molecular formula is C19H21ClN2O4S2. The number of hydrogen-bond acceptors (Lipinski definition) is 5. The van der Waals surface area contributed by atoms with Gasteiger partial charge in [-0.05, 0) is 48.6 Å². The van der Waals surface area contributed by atoms with Crippen molar-refractivity contribution < 1.29 is 18.0 Å². The number of carbonyl (C=O) groups is 2. The van der Waals surface area contributed by atoms with Gasteiger partial charge in [0.2, 0.25) is 0 Å². The second-order valence-corrected chi connectivity index (χ2v) is 10.2. The Hall–Kier alpha value is -1.90. The molecule has 2 aromatic rings. The van der Waals surface area contributed by atoms with Gasteiger partial charge < -0.3 is 10.6 Å². The molecule has 0 spiro atoms. The zero-order valence-electron chi connectivity index (χ0n) is 15.1. The number of sulfone groups is 1. The molecule has 1 aliphatic rings. The molecular weight excluding hydrogens is 420 g/mol. The van der Waals surface area contributed by atoms with E-state index in [4.69, 9.17) is 11.6 Å². The Labute approximate surface area is 173 Å². The Balaban J connectivity index is 1.73. The van der Waals surface area contributed by atoms with E-state index in [2.05, 4.69) is 10.6 Å². The maximum atomic E-state index is 13.1. The van der Waals surface area contributed by atoms with Crippen LogP contribution in [0.15, 0.2) is 46.7 Å². The summed E-state index contributed by atoms with van der Waals surface area (Å²) in [4.78, 5) is 25.0. The molecule has 0 aliphatic heterocycles. The summed E-state index contributed by atoms with van der Waals surface area (Å²) in [5, 5.41) is 6.40. The normalized spacial score (nSPS) is 15.9. The van der Waals surface area contributed by atoms with Gasteiger partial charge in [-0.15, -0.1) is 11.3 Å². The first-order chi connectivity index (χ1) is 13.4. The molecule has 150 valence electrons. The molecule has 1 atom stereocenters. The monoisotopic (exact) mass is 440 g/mol. The van der Waals surface area contributed by atoms with Crippen molar-refractivity contribution in [2.45, 2.75) is 41.9 Å². The number of nitrogens with one attached hydrogen (secondary N) is 2. The Kier molecular flexibility index (Phi) is 6.74. The molecule has 28 heavy (non-hydrogen) atoms. The van der Waals surface area contributed by atoms with Crippen LogP contribution in [0.25, 0.3) is 0 Å². The van der Waals surface area contributed by atoms with Crippen LogP contribution in [-0.2, 0) is 19.4 Å². The van der Waals surface area contributed by atoms with Crippen molar-refractivity contribution in [1.82, 2.24) is 10.6 Å². The average molecular weight is 441 g/mol. The van der Waals surface area contributed by atoms with E-state index < -0.39 is 26.9 Å². The van der Waals surface area contributed by atoms with E-state index in [-0.39, 0.29) is 17.5 Å². The molecule has 1 aliphatic carbocycles. The van der Waals surface area contributed by atoms with Crippen LogP contribution in [0, 0.1) is 0 Å². The lowest BCUT2D eigenvalue weighted by atomic mass is 10.2. The molecule has 0 bridgehead atoms. The van der Waals surface area contributed by atoms with Crippen molar-refractivity contribution in [3.63, 3.8) is 0 Å². The van der Waals surface area contributed by atoms with Gasteiger partial charge in [0.25, 0.3) is 0 Å². The van der Waals surface area contributed by atoms with E-state index in [0.29, 0.717) is 9.90 Å². The van der Waals surface area contributed by atoms with E-state index in [1.807, 2.05) is 0 Å². The fourth-order valence-corrected chi connectivity index (χ4v) is 6.12. The zero-order chi connectivity index (χ0) is 20.1. The zero-order valence-corrected chi connectivity index (χ0v) is 17.4. The molecule has 0 radical (unpaired) electrons. The predicted octanol–water partition coefficient (Wildman–Crippen LogP) is 3.09. The van der Waals surface area contributed by atoms with Gasteiger partial charge in [-0.25, -0.2) is 8.42 Å². The third-order valence-electron chi connectivity index (χ3n) is 4.72. The maximum Gasteiger partial charge on any atom is 0.309 e. The Morgan fingerprint density at radius 1 is 1.11 bits per heavy atom. The van der Waals surface area contributed by atoms with Crippen LogP contribution in [0.3, 0.4) is 0 Å². The fraction of sp³-hybridized carbons (Fsp3) is 0.368. The molecule has 2 N–H and O–H groups in total. The SMILES string of the molecule is O=C(NCC(c1cccs1)S(=O)(=O)c1ccc(Cl)cc1)C(=O)NC1CCCC1. The Bertz CT molecular complexity index is 921. The van der Waals surface area contributed by atoms with E-state index in [0.717, 1.165) is 25.7 Å². The molecule has 1 unspecified atom stereocenters. The summed E-state index contributed by atoms with van der Waals surface area (Å²) in [6, 6.07) is 9.36. The second-order valence-electron chi connectivity index (χ2n) is 6.67. The summed E-state index contributed by atoms with van der Waals surface area (Å²) >= 11 is 7.14. The molecule has 1 aromatic heterocycles. The molecule has 0 saturated heterocycles. The highest BCUT2D eigenvalue weighted by Gasteiger charge is 2.31. The highest BCUT2D eigenvalue weighted by Crippen LogP contribution is 2.31. The third kappa shape index (κ3) is 4.92. The number of carbonyl (C=O) groups excluding carboxylic acids is 2. The van der Waals surface area contributed by atoms with Crippen LogP contribution in [0.4, 0.5) is 0 Å². The van der Waals surface area contributed by atoms with E-state index in [1.165, 1.54) is 35.6 Å². The maximum absolute atomic E-state index is 13.1. The lowest BCUT2D eigenvalue weighted by Gasteiger charge is -2.18. The largest absolute Gasteiger partial charge is 0.346 e. The molecule has 3 rings (SSSR count). The van der Waals surface area contributed by atoms with Crippen molar-refractivity contribution in [3.05, 3.63) is 51.7 Å². The smallest absolute Gasteiger partial charge is 0.309 e. The van der Waals surface area contributed by atoms with Gasteiger partial charge in [0.1, 0.15) is 5.25 Å². The lowest BCUT2D eigenvalue weighted by Crippen LogP contribution is -2.45. The number of amides is 2. The van der Waals surface area contributed by atoms with Crippen LogP contribution >= 0.6 is 22.9 Å². The van der Waals surface area contributed by atoms with E-state index in [1.54, 1.807) is 17.5 Å². The van der Waals surface area contributed by atoms with Crippen LogP contribution in [0.1, 0.15) is 35.8 Å². The van der Waals surface area contributed by atoms with Gasteiger partial charge >= 0.3 is 11.8 Å². The number of halogens is 1. The lowest BCUT2D eigenvalue weighted by molar-refractivity contribution is -0.139. The van der Waals surface area contributed by atoms with Gasteiger partial charge in [-0.3, -0.25) is 9.59 Å². The summed E-state index contributed by atoms with van der Waals surface area (Å²) in [5.41, 5.74) is 0. The first kappa shape index (κ1) is 20.8. The molecule has 2 amide bonds. The van der Waals surface area contributed by atoms with Crippen molar-refractivity contribution >= 4 is 44.6 Å². The summed E-state index contributed by atoms with van der Waals surface area (Å²) in [6.07, 6.45) is 3.79. The first-order valence-electron chi connectivity index (χ1n) is 8.99. The van der Waals surface area contributed by atoms with Crippen LogP contribution < -0.4 is 10.6 Å². The number of benzene rings is 1. The van der Waals surface area contributed by atoms with Crippen LogP contribution in [0.2, 0.25) is 5.02 Å². The molecule has 9 heteroatoms. The van der Waals surface area contributed by atoms with Gasteiger partial charge in [-0.2, -0.15) is 0 Å². The molecule has 6 nitrogen and oxygen atoms in total. The second kappa shape index (κ2) is 9.07. The van der Waals surface area contributed by atoms with Crippen molar-refractivity contribution in [2.24, 2.45) is 0 Å². The topological polar surface area (TPSA) is 92.3 Å². The number of rotatable bonds is 6. The van der Waals surface area contributed by atoms with Crippen molar-refractivity contribution in [3.8, 4) is 0 Å². The predicted molar refractivity (Wildman–Crippen MR) is 109 cm³/mol. The average Bonchev–Trinajstić information content (AvgIpc) is 3.36. The van der Waals surface area contributed by atoms with Crippen LogP contribution in [0.5, 0.6) is 0 Å². The minimum absolute atomic E-state index is 0.0177. The van der Waals surface area contributed by atoms with E-state index in [9.17, 15) is 18.0 Å². The van der Waals surface area contributed by atoms with Crippen LogP contribution in [-0.4, -0.2) is 32.8 Å².